The van der Waals surface area contributed by atoms with Crippen molar-refractivity contribution < 1.29 is 14.4 Å². The minimum atomic E-state index is -0.939. The van der Waals surface area contributed by atoms with Crippen molar-refractivity contribution in [2.75, 3.05) is 5.32 Å². The Morgan fingerprint density at radius 3 is 2.65 bits per heavy atom. The van der Waals surface area contributed by atoms with Crippen LogP contribution < -0.4 is 5.32 Å². The molecule has 1 aromatic heterocycles. The number of aromatic carboxylic acids is 1. The van der Waals surface area contributed by atoms with Crippen LogP contribution in [0.25, 0.3) is 0 Å². The summed E-state index contributed by atoms with van der Waals surface area (Å²) in [6.07, 6.45) is 0. The van der Waals surface area contributed by atoms with Gasteiger partial charge in [-0.25, -0.2) is 4.79 Å². The summed E-state index contributed by atoms with van der Waals surface area (Å²) in [7, 11) is 0. The van der Waals surface area contributed by atoms with Crippen molar-refractivity contribution in [2.45, 2.75) is 13.5 Å². The third-order valence-electron chi connectivity index (χ3n) is 2.15. The van der Waals surface area contributed by atoms with Gasteiger partial charge in [0, 0.05) is 12.6 Å². The standard InChI is InChI=1S/C11H11N3O3/c1-7-13-10(14-17-7)6-12-9-4-2-8(3-5-9)11(15)16/h2-5,12H,6H2,1H3,(H,15,16). The molecule has 0 fully saturated rings. The molecule has 0 aliphatic carbocycles. The van der Waals surface area contributed by atoms with Gasteiger partial charge >= 0.3 is 5.97 Å². The van der Waals surface area contributed by atoms with Crippen LogP contribution in [-0.4, -0.2) is 21.2 Å². The lowest BCUT2D eigenvalue weighted by Crippen LogP contribution is -2.02. The highest BCUT2D eigenvalue weighted by atomic mass is 16.5. The molecule has 88 valence electrons. The first-order chi connectivity index (χ1) is 8.15. The third-order valence-corrected chi connectivity index (χ3v) is 2.15. The molecule has 0 aliphatic rings. The van der Waals surface area contributed by atoms with Crippen LogP contribution in [0.1, 0.15) is 22.1 Å². The summed E-state index contributed by atoms with van der Waals surface area (Å²) in [6, 6.07) is 6.45. The Hall–Kier alpha value is -2.37. The first-order valence-corrected chi connectivity index (χ1v) is 5.01. The van der Waals surface area contributed by atoms with E-state index in [-0.39, 0.29) is 5.56 Å². The summed E-state index contributed by atoms with van der Waals surface area (Å²) < 4.78 is 4.82. The Labute approximate surface area is 97.3 Å². The van der Waals surface area contributed by atoms with Crippen LogP contribution in [0.5, 0.6) is 0 Å². The van der Waals surface area contributed by atoms with E-state index >= 15 is 0 Å². The Bertz CT molecular complexity index is 519. The number of aromatic nitrogens is 2. The number of aryl methyl sites for hydroxylation is 1. The monoisotopic (exact) mass is 233 g/mol. The lowest BCUT2D eigenvalue weighted by molar-refractivity contribution is 0.0697. The van der Waals surface area contributed by atoms with E-state index in [0.29, 0.717) is 18.3 Å². The fourth-order valence-electron chi connectivity index (χ4n) is 1.32. The van der Waals surface area contributed by atoms with Crippen molar-refractivity contribution in [3.8, 4) is 0 Å². The van der Waals surface area contributed by atoms with Gasteiger partial charge in [-0.3, -0.25) is 0 Å². The number of nitrogens with zero attached hydrogens (tertiary/aromatic N) is 2. The normalized spacial score (nSPS) is 10.2. The van der Waals surface area contributed by atoms with Crippen LogP contribution in [0.15, 0.2) is 28.8 Å². The van der Waals surface area contributed by atoms with Crippen molar-refractivity contribution in [2.24, 2.45) is 0 Å². The van der Waals surface area contributed by atoms with Crippen molar-refractivity contribution in [3.63, 3.8) is 0 Å². The molecule has 2 N–H and O–H groups in total. The molecule has 0 atom stereocenters. The summed E-state index contributed by atoms with van der Waals surface area (Å²) >= 11 is 0. The van der Waals surface area contributed by atoms with Gasteiger partial charge in [0.15, 0.2) is 5.82 Å². The van der Waals surface area contributed by atoms with Gasteiger partial charge in [0.25, 0.3) is 0 Å². The SMILES string of the molecule is Cc1nc(CNc2ccc(C(=O)O)cc2)no1. The van der Waals surface area contributed by atoms with Crippen LogP contribution in [0.3, 0.4) is 0 Å². The van der Waals surface area contributed by atoms with E-state index in [9.17, 15) is 4.79 Å². The summed E-state index contributed by atoms with van der Waals surface area (Å²) in [5, 5.41) is 15.5. The van der Waals surface area contributed by atoms with E-state index < -0.39 is 5.97 Å². The summed E-state index contributed by atoms with van der Waals surface area (Å²) in [5.41, 5.74) is 1.06. The predicted molar refractivity (Wildman–Crippen MR) is 59.8 cm³/mol. The smallest absolute Gasteiger partial charge is 0.335 e. The molecule has 0 saturated carbocycles. The molecular weight excluding hydrogens is 222 g/mol. The maximum Gasteiger partial charge on any atom is 0.335 e. The molecule has 2 rings (SSSR count). The zero-order valence-corrected chi connectivity index (χ0v) is 9.17. The summed E-state index contributed by atoms with van der Waals surface area (Å²) in [6.45, 7) is 2.15. The first-order valence-electron chi connectivity index (χ1n) is 5.01. The Balaban J connectivity index is 1.97. The number of rotatable bonds is 4. The molecule has 0 amide bonds. The average molecular weight is 233 g/mol. The quantitative estimate of drug-likeness (QED) is 0.835. The topological polar surface area (TPSA) is 88.2 Å². The number of hydrogen-bond donors (Lipinski definition) is 2. The summed E-state index contributed by atoms with van der Waals surface area (Å²) in [5.74, 6) is 0.137. The van der Waals surface area contributed by atoms with Crippen LogP contribution in [-0.2, 0) is 6.54 Å². The van der Waals surface area contributed by atoms with Crippen LogP contribution in [0, 0.1) is 6.92 Å². The number of carboxylic acids is 1. The van der Waals surface area contributed by atoms with Gasteiger partial charge in [-0.2, -0.15) is 4.98 Å². The molecule has 0 bridgehead atoms. The second-order valence-electron chi connectivity index (χ2n) is 3.47. The van der Waals surface area contributed by atoms with E-state index in [1.807, 2.05) is 0 Å². The van der Waals surface area contributed by atoms with Gasteiger partial charge in [0.1, 0.15) is 0 Å². The van der Waals surface area contributed by atoms with E-state index in [1.54, 1.807) is 19.1 Å². The van der Waals surface area contributed by atoms with Crippen LogP contribution >= 0.6 is 0 Å². The third kappa shape index (κ3) is 2.81. The maximum absolute atomic E-state index is 10.6. The molecule has 6 heteroatoms. The number of hydrogen-bond acceptors (Lipinski definition) is 5. The Morgan fingerprint density at radius 1 is 1.41 bits per heavy atom. The average Bonchev–Trinajstić information content (AvgIpc) is 2.73. The molecule has 6 nitrogen and oxygen atoms in total. The van der Waals surface area contributed by atoms with Crippen molar-refractivity contribution in [3.05, 3.63) is 41.5 Å². The predicted octanol–water partition coefficient (Wildman–Crippen LogP) is 1.69. The van der Waals surface area contributed by atoms with Gasteiger partial charge in [0.2, 0.25) is 5.89 Å². The molecule has 0 radical (unpaired) electrons. The highest BCUT2D eigenvalue weighted by molar-refractivity contribution is 5.87. The fourth-order valence-corrected chi connectivity index (χ4v) is 1.32. The minimum Gasteiger partial charge on any atom is -0.478 e. The number of carbonyl (C=O) groups is 1. The second kappa shape index (κ2) is 4.65. The lowest BCUT2D eigenvalue weighted by Gasteiger charge is -2.03. The molecule has 0 aliphatic heterocycles. The van der Waals surface area contributed by atoms with Gasteiger partial charge in [0.05, 0.1) is 12.1 Å². The Kier molecular flexibility index (Phi) is 3.04. The zero-order chi connectivity index (χ0) is 12.3. The minimum absolute atomic E-state index is 0.256. The highest BCUT2D eigenvalue weighted by Crippen LogP contribution is 2.10. The maximum atomic E-state index is 10.6. The van der Waals surface area contributed by atoms with E-state index in [1.165, 1.54) is 12.1 Å². The number of benzene rings is 1. The molecule has 17 heavy (non-hydrogen) atoms. The number of nitrogens with one attached hydrogen (secondary N) is 1. The molecule has 1 aromatic carbocycles. The van der Waals surface area contributed by atoms with Crippen molar-refractivity contribution in [1.82, 2.24) is 10.1 Å². The van der Waals surface area contributed by atoms with Crippen molar-refractivity contribution in [1.29, 1.82) is 0 Å². The fraction of sp³-hybridized carbons (Fsp3) is 0.182. The zero-order valence-electron chi connectivity index (χ0n) is 9.17. The largest absolute Gasteiger partial charge is 0.478 e. The molecule has 0 unspecified atom stereocenters. The summed E-state index contributed by atoms with van der Waals surface area (Å²) in [4.78, 5) is 14.7. The number of carboxylic acid groups (broad SMARTS) is 1. The van der Waals surface area contributed by atoms with E-state index in [2.05, 4.69) is 15.5 Å². The number of anilines is 1. The van der Waals surface area contributed by atoms with Crippen molar-refractivity contribution >= 4 is 11.7 Å². The highest BCUT2D eigenvalue weighted by Gasteiger charge is 2.03. The molecule has 0 saturated heterocycles. The van der Waals surface area contributed by atoms with Gasteiger partial charge < -0.3 is 14.9 Å². The van der Waals surface area contributed by atoms with Crippen LogP contribution in [0.2, 0.25) is 0 Å². The molecular formula is C11H11N3O3. The van der Waals surface area contributed by atoms with Gasteiger partial charge in [-0.05, 0) is 24.3 Å². The second-order valence-corrected chi connectivity index (χ2v) is 3.47. The van der Waals surface area contributed by atoms with E-state index in [4.69, 9.17) is 9.63 Å². The lowest BCUT2D eigenvalue weighted by atomic mass is 10.2. The molecule has 2 aromatic rings. The Morgan fingerprint density at radius 2 is 2.12 bits per heavy atom. The van der Waals surface area contributed by atoms with Gasteiger partial charge in [-0.15, -0.1) is 0 Å². The molecule has 0 spiro atoms. The van der Waals surface area contributed by atoms with Crippen LogP contribution in [0.4, 0.5) is 5.69 Å². The molecule has 1 heterocycles. The van der Waals surface area contributed by atoms with E-state index in [0.717, 1.165) is 5.69 Å². The first kappa shape index (κ1) is 11.1. The van der Waals surface area contributed by atoms with Gasteiger partial charge in [-0.1, -0.05) is 5.16 Å².